The van der Waals surface area contributed by atoms with Crippen molar-refractivity contribution in [2.75, 3.05) is 5.73 Å². The fourth-order valence-electron chi connectivity index (χ4n) is 2.34. The highest BCUT2D eigenvalue weighted by Gasteiger charge is 2.28. The lowest BCUT2D eigenvalue weighted by Crippen LogP contribution is -2.22. The van der Waals surface area contributed by atoms with Crippen LogP contribution < -0.4 is 11.5 Å². The van der Waals surface area contributed by atoms with Gasteiger partial charge >= 0.3 is 0 Å². The SMILES string of the molecule is N#C[C@H]1CCCC[C@H]1n1cc(C(N)=O)c(N)n1. The first-order chi connectivity index (χ1) is 8.13. The number of carbonyl (C=O) groups is 1. The van der Waals surface area contributed by atoms with Gasteiger partial charge in [-0.3, -0.25) is 9.48 Å². The second-order valence-corrected chi connectivity index (χ2v) is 4.36. The van der Waals surface area contributed by atoms with Gasteiger partial charge < -0.3 is 11.5 Å². The molecule has 6 heteroatoms. The number of nitrogens with two attached hydrogens (primary N) is 2. The van der Waals surface area contributed by atoms with Crippen LogP contribution in [0.1, 0.15) is 42.1 Å². The van der Waals surface area contributed by atoms with Crippen LogP contribution in [-0.2, 0) is 0 Å². The largest absolute Gasteiger partial charge is 0.382 e. The predicted octanol–water partition coefficient (Wildman–Crippen LogP) is 0.819. The molecule has 1 amide bonds. The van der Waals surface area contributed by atoms with Crippen molar-refractivity contribution in [2.45, 2.75) is 31.7 Å². The summed E-state index contributed by atoms with van der Waals surface area (Å²) in [5, 5.41) is 13.2. The number of amides is 1. The van der Waals surface area contributed by atoms with Crippen LogP contribution in [0.3, 0.4) is 0 Å². The standard InChI is InChI=1S/C11H15N5O/c12-5-7-3-1-2-4-9(7)16-6-8(11(14)17)10(13)15-16/h6-7,9H,1-4H2,(H2,13,15)(H2,14,17)/t7-,9-/m1/s1. The van der Waals surface area contributed by atoms with Gasteiger partial charge in [0.25, 0.3) is 5.91 Å². The lowest BCUT2D eigenvalue weighted by molar-refractivity contribution is 0.100. The van der Waals surface area contributed by atoms with Gasteiger partial charge in [-0.2, -0.15) is 10.4 Å². The molecule has 90 valence electrons. The molecule has 2 rings (SSSR count). The number of aromatic nitrogens is 2. The number of primary amides is 1. The van der Waals surface area contributed by atoms with Crippen molar-refractivity contribution in [3.05, 3.63) is 11.8 Å². The summed E-state index contributed by atoms with van der Waals surface area (Å²) in [7, 11) is 0. The topological polar surface area (TPSA) is 111 Å². The zero-order chi connectivity index (χ0) is 12.4. The Hall–Kier alpha value is -2.03. The Morgan fingerprint density at radius 1 is 1.53 bits per heavy atom. The Balaban J connectivity index is 2.30. The molecule has 1 aromatic heterocycles. The molecule has 0 radical (unpaired) electrons. The fourth-order valence-corrected chi connectivity index (χ4v) is 2.34. The minimum atomic E-state index is -0.585. The molecule has 0 aromatic carbocycles. The van der Waals surface area contributed by atoms with Gasteiger partial charge in [0.15, 0.2) is 5.82 Å². The third kappa shape index (κ3) is 2.09. The van der Waals surface area contributed by atoms with E-state index in [0.29, 0.717) is 0 Å². The summed E-state index contributed by atoms with van der Waals surface area (Å²) < 4.78 is 1.63. The minimum absolute atomic E-state index is 0.00384. The Morgan fingerprint density at radius 3 is 2.82 bits per heavy atom. The second-order valence-electron chi connectivity index (χ2n) is 4.36. The van der Waals surface area contributed by atoms with Crippen molar-refractivity contribution in [3.8, 4) is 6.07 Å². The van der Waals surface area contributed by atoms with Crippen molar-refractivity contribution < 1.29 is 4.79 Å². The normalized spacial score (nSPS) is 24.2. The van der Waals surface area contributed by atoms with Crippen LogP contribution in [0.2, 0.25) is 0 Å². The summed E-state index contributed by atoms with van der Waals surface area (Å²) in [6.07, 6.45) is 5.44. The Bertz CT molecular complexity index is 473. The molecule has 0 saturated heterocycles. The average molecular weight is 233 g/mol. The van der Waals surface area contributed by atoms with E-state index in [0.717, 1.165) is 25.7 Å². The summed E-state index contributed by atoms with van der Waals surface area (Å²) >= 11 is 0. The molecule has 1 heterocycles. The number of nitrogens with zero attached hydrogens (tertiary/aromatic N) is 3. The summed E-state index contributed by atoms with van der Waals surface area (Å²) in [5.74, 6) is -0.512. The fraction of sp³-hybridized carbons (Fsp3) is 0.545. The maximum absolute atomic E-state index is 11.1. The first-order valence-corrected chi connectivity index (χ1v) is 5.67. The highest BCUT2D eigenvalue weighted by atomic mass is 16.1. The smallest absolute Gasteiger partial charge is 0.254 e. The van der Waals surface area contributed by atoms with E-state index >= 15 is 0 Å². The first-order valence-electron chi connectivity index (χ1n) is 5.67. The molecule has 2 atom stereocenters. The van der Waals surface area contributed by atoms with E-state index in [-0.39, 0.29) is 23.3 Å². The molecule has 17 heavy (non-hydrogen) atoms. The Labute approximate surface area is 99.2 Å². The summed E-state index contributed by atoms with van der Waals surface area (Å²) in [4.78, 5) is 11.1. The lowest BCUT2D eigenvalue weighted by Gasteiger charge is -2.26. The second kappa shape index (κ2) is 4.45. The maximum atomic E-state index is 11.1. The van der Waals surface area contributed by atoms with E-state index in [4.69, 9.17) is 16.7 Å². The van der Waals surface area contributed by atoms with Gasteiger partial charge in [0, 0.05) is 6.20 Å². The molecule has 0 unspecified atom stereocenters. The summed E-state index contributed by atoms with van der Waals surface area (Å²) in [5.41, 5.74) is 11.0. The number of rotatable bonds is 2. The molecule has 1 saturated carbocycles. The monoisotopic (exact) mass is 233 g/mol. The lowest BCUT2D eigenvalue weighted by atomic mass is 9.85. The van der Waals surface area contributed by atoms with E-state index < -0.39 is 5.91 Å². The number of hydrogen-bond acceptors (Lipinski definition) is 4. The van der Waals surface area contributed by atoms with Crippen LogP contribution in [0.15, 0.2) is 6.20 Å². The van der Waals surface area contributed by atoms with Crippen molar-refractivity contribution in [1.82, 2.24) is 9.78 Å². The zero-order valence-corrected chi connectivity index (χ0v) is 9.47. The highest BCUT2D eigenvalue weighted by molar-refractivity contribution is 5.96. The van der Waals surface area contributed by atoms with Gasteiger partial charge in [-0.1, -0.05) is 12.8 Å². The quantitative estimate of drug-likeness (QED) is 0.787. The molecule has 1 aromatic rings. The highest BCUT2D eigenvalue weighted by Crippen LogP contribution is 2.33. The number of nitrogen functional groups attached to an aromatic ring is 1. The molecule has 1 fully saturated rings. The molecule has 1 aliphatic carbocycles. The first kappa shape index (κ1) is 11.5. The molecule has 6 nitrogen and oxygen atoms in total. The van der Waals surface area contributed by atoms with Crippen molar-refractivity contribution in [2.24, 2.45) is 11.7 Å². The summed E-state index contributed by atoms with van der Waals surface area (Å²) in [6, 6.07) is 2.30. The van der Waals surface area contributed by atoms with Crippen molar-refractivity contribution in [3.63, 3.8) is 0 Å². The van der Waals surface area contributed by atoms with E-state index in [2.05, 4.69) is 11.2 Å². The third-order valence-electron chi connectivity index (χ3n) is 3.26. The molecule has 0 spiro atoms. The molecular formula is C11H15N5O. The van der Waals surface area contributed by atoms with E-state index in [9.17, 15) is 4.79 Å². The molecule has 4 N–H and O–H groups in total. The predicted molar refractivity (Wildman–Crippen MR) is 61.8 cm³/mol. The maximum Gasteiger partial charge on any atom is 0.254 e. The van der Waals surface area contributed by atoms with Crippen molar-refractivity contribution in [1.29, 1.82) is 5.26 Å². The van der Waals surface area contributed by atoms with Gasteiger partial charge in [0.1, 0.15) is 5.56 Å². The zero-order valence-electron chi connectivity index (χ0n) is 9.47. The minimum Gasteiger partial charge on any atom is -0.382 e. The van der Waals surface area contributed by atoms with Crippen LogP contribution in [0.4, 0.5) is 5.82 Å². The van der Waals surface area contributed by atoms with Crippen LogP contribution >= 0.6 is 0 Å². The van der Waals surface area contributed by atoms with Gasteiger partial charge in [0.2, 0.25) is 0 Å². The van der Waals surface area contributed by atoms with Crippen LogP contribution in [0.5, 0.6) is 0 Å². The number of hydrogen-bond donors (Lipinski definition) is 2. The number of anilines is 1. The van der Waals surface area contributed by atoms with Gasteiger partial charge in [-0.15, -0.1) is 0 Å². The van der Waals surface area contributed by atoms with Crippen LogP contribution in [0.25, 0.3) is 0 Å². The summed E-state index contributed by atoms with van der Waals surface area (Å²) in [6.45, 7) is 0. The third-order valence-corrected chi connectivity index (χ3v) is 3.26. The van der Waals surface area contributed by atoms with E-state index in [1.54, 1.807) is 10.9 Å². The van der Waals surface area contributed by atoms with E-state index in [1.165, 1.54) is 0 Å². The Morgan fingerprint density at radius 2 is 2.24 bits per heavy atom. The van der Waals surface area contributed by atoms with E-state index in [1.807, 2.05) is 0 Å². The molecule has 0 aliphatic heterocycles. The number of carbonyl (C=O) groups excluding carboxylic acids is 1. The van der Waals surface area contributed by atoms with Gasteiger partial charge in [-0.05, 0) is 12.8 Å². The van der Waals surface area contributed by atoms with Gasteiger partial charge in [-0.25, -0.2) is 0 Å². The van der Waals surface area contributed by atoms with Crippen molar-refractivity contribution >= 4 is 11.7 Å². The number of nitriles is 1. The van der Waals surface area contributed by atoms with Crippen LogP contribution in [0, 0.1) is 17.2 Å². The molecule has 0 bridgehead atoms. The Kier molecular flexibility index (Phi) is 3.00. The average Bonchev–Trinajstić information content (AvgIpc) is 2.71. The molecule has 1 aliphatic rings. The van der Waals surface area contributed by atoms with Gasteiger partial charge in [0.05, 0.1) is 18.0 Å². The van der Waals surface area contributed by atoms with Crippen LogP contribution in [-0.4, -0.2) is 15.7 Å². The molecular weight excluding hydrogens is 218 g/mol.